The van der Waals surface area contributed by atoms with E-state index in [0.29, 0.717) is 23.5 Å². The number of aliphatic hydroxyl groups is 1. The predicted octanol–water partition coefficient (Wildman–Crippen LogP) is 0.545. The van der Waals surface area contributed by atoms with Crippen LogP contribution in [0.1, 0.15) is 5.56 Å². The molecule has 4 N–H and O–H groups in total. The molecule has 0 spiro atoms. The molecule has 0 radical (unpaired) electrons. The first-order valence-electron chi connectivity index (χ1n) is 3.92. The lowest BCUT2D eigenvalue weighted by molar-refractivity contribution is 0.311. The lowest BCUT2D eigenvalue weighted by Crippen LogP contribution is -2.07. The highest BCUT2D eigenvalue weighted by Crippen LogP contribution is 2.18. The molecule has 0 aliphatic rings. The molecule has 1 rings (SSSR count). The second-order valence-corrected chi connectivity index (χ2v) is 2.56. The molecule has 68 valence electrons. The highest BCUT2D eigenvalue weighted by Gasteiger charge is 1.98. The molecule has 1 aromatic carbocycles. The van der Waals surface area contributed by atoms with E-state index in [-0.39, 0.29) is 6.61 Å². The number of nitriles is 1. The Kier molecular flexibility index (Phi) is 3.12. The molecule has 0 atom stereocenters. The van der Waals surface area contributed by atoms with Crippen molar-refractivity contribution >= 4 is 11.4 Å². The topological polar surface area (TPSA) is 82.1 Å². The van der Waals surface area contributed by atoms with Gasteiger partial charge < -0.3 is 16.2 Å². The third-order valence-electron chi connectivity index (χ3n) is 1.61. The van der Waals surface area contributed by atoms with E-state index < -0.39 is 0 Å². The Morgan fingerprint density at radius 2 is 2.31 bits per heavy atom. The van der Waals surface area contributed by atoms with Crippen molar-refractivity contribution in [2.24, 2.45) is 0 Å². The number of nitrogens with zero attached hydrogens (tertiary/aromatic N) is 1. The van der Waals surface area contributed by atoms with Gasteiger partial charge in [-0.25, -0.2) is 0 Å². The van der Waals surface area contributed by atoms with Crippen LogP contribution in [0.25, 0.3) is 0 Å². The van der Waals surface area contributed by atoms with Crippen LogP contribution in [0.15, 0.2) is 18.2 Å². The van der Waals surface area contributed by atoms with E-state index in [1.807, 2.05) is 6.07 Å². The number of nitrogens with two attached hydrogens (primary N) is 1. The number of anilines is 2. The van der Waals surface area contributed by atoms with Gasteiger partial charge in [0.05, 0.1) is 29.6 Å². The van der Waals surface area contributed by atoms with Gasteiger partial charge in [-0.05, 0) is 18.2 Å². The van der Waals surface area contributed by atoms with Gasteiger partial charge in [-0.2, -0.15) is 5.26 Å². The van der Waals surface area contributed by atoms with Gasteiger partial charge >= 0.3 is 0 Å². The van der Waals surface area contributed by atoms with Gasteiger partial charge in [0.15, 0.2) is 0 Å². The molecule has 4 heteroatoms. The second kappa shape index (κ2) is 4.33. The van der Waals surface area contributed by atoms with Crippen LogP contribution in [0.3, 0.4) is 0 Å². The molecule has 0 aliphatic carbocycles. The second-order valence-electron chi connectivity index (χ2n) is 2.56. The highest BCUT2D eigenvalue weighted by molar-refractivity contribution is 5.68. The zero-order valence-electron chi connectivity index (χ0n) is 7.12. The molecule has 0 saturated carbocycles. The highest BCUT2D eigenvalue weighted by atomic mass is 16.3. The molecule has 0 saturated heterocycles. The molecule has 0 unspecified atom stereocenters. The fourth-order valence-electron chi connectivity index (χ4n) is 0.969. The fourth-order valence-corrected chi connectivity index (χ4v) is 0.969. The Labute approximate surface area is 76.6 Å². The summed E-state index contributed by atoms with van der Waals surface area (Å²) in [5.41, 5.74) is 7.45. The van der Waals surface area contributed by atoms with Gasteiger partial charge in [0.2, 0.25) is 0 Å². The number of benzene rings is 1. The summed E-state index contributed by atoms with van der Waals surface area (Å²) in [6.07, 6.45) is 0. The van der Waals surface area contributed by atoms with Crippen LogP contribution in [0.2, 0.25) is 0 Å². The van der Waals surface area contributed by atoms with Crippen LogP contribution in [-0.2, 0) is 0 Å². The van der Waals surface area contributed by atoms with Gasteiger partial charge in [-0.15, -0.1) is 0 Å². The Balaban J connectivity index is 2.85. The monoisotopic (exact) mass is 177 g/mol. The van der Waals surface area contributed by atoms with E-state index in [2.05, 4.69) is 5.32 Å². The average Bonchev–Trinajstić information content (AvgIpc) is 2.17. The maximum absolute atomic E-state index is 8.61. The summed E-state index contributed by atoms with van der Waals surface area (Å²) in [4.78, 5) is 0. The molecule has 0 aliphatic heterocycles. The van der Waals surface area contributed by atoms with Crippen LogP contribution in [0.5, 0.6) is 0 Å². The zero-order valence-corrected chi connectivity index (χ0v) is 7.12. The van der Waals surface area contributed by atoms with Gasteiger partial charge in [0, 0.05) is 6.54 Å². The minimum absolute atomic E-state index is 0.0379. The smallest absolute Gasteiger partial charge is 0.0992 e. The minimum Gasteiger partial charge on any atom is -0.397 e. The Bertz CT molecular complexity index is 330. The van der Waals surface area contributed by atoms with Crippen molar-refractivity contribution in [3.63, 3.8) is 0 Å². The van der Waals surface area contributed by atoms with Crippen molar-refractivity contribution in [1.29, 1.82) is 5.26 Å². The van der Waals surface area contributed by atoms with Crippen LogP contribution >= 0.6 is 0 Å². The third kappa shape index (κ3) is 2.36. The molecule has 0 fully saturated rings. The van der Waals surface area contributed by atoms with E-state index in [1.165, 1.54) is 0 Å². The van der Waals surface area contributed by atoms with Crippen molar-refractivity contribution < 1.29 is 5.11 Å². The molecule has 0 heterocycles. The number of aliphatic hydroxyl groups excluding tert-OH is 1. The SMILES string of the molecule is N#Cc1ccc(N)c(NCCO)c1. The lowest BCUT2D eigenvalue weighted by atomic mass is 10.2. The average molecular weight is 177 g/mol. The first kappa shape index (κ1) is 9.36. The van der Waals surface area contributed by atoms with Crippen molar-refractivity contribution in [1.82, 2.24) is 0 Å². The van der Waals surface area contributed by atoms with Crippen LogP contribution in [-0.4, -0.2) is 18.3 Å². The number of rotatable bonds is 3. The number of nitrogens with one attached hydrogen (secondary N) is 1. The van der Waals surface area contributed by atoms with Crippen LogP contribution < -0.4 is 11.1 Å². The molecule has 13 heavy (non-hydrogen) atoms. The summed E-state index contributed by atoms with van der Waals surface area (Å²) in [5, 5.41) is 20.1. The molecule has 0 aromatic heterocycles. The largest absolute Gasteiger partial charge is 0.397 e. The van der Waals surface area contributed by atoms with Crippen molar-refractivity contribution in [3.8, 4) is 6.07 Å². The van der Waals surface area contributed by atoms with Crippen molar-refractivity contribution in [2.75, 3.05) is 24.2 Å². The summed E-state index contributed by atoms with van der Waals surface area (Å²) in [7, 11) is 0. The van der Waals surface area contributed by atoms with Crippen molar-refractivity contribution in [3.05, 3.63) is 23.8 Å². The van der Waals surface area contributed by atoms with Crippen molar-refractivity contribution in [2.45, 2.75) is 0 Å². The predicted molar refractivity (Wildman–Crippen MR) is 51.1 cm³/mol. The first-order valence-corrected chi connectivity index (χ1v) is 3.92. The maximum Gasteiger partial charge on any atom is 0.0992 e. The number of hydrogen-bond donors (Lipinski definition) is 3. The quantitative estimate of drug-likeness (QED) is 0.589. The van der Waals surface area contributed by atoms with E-state index in [1.54, 1.807) is 18.2 Å². The number of nitrogen functional groups attached to an aromatic ring is 1. The summed E-state index contributed by atoms with van der Waals surface area (Å²) in [5.74, 6) is 0. The Hall–Kier alpha value is -1.73. The third-order valence-corrected chi connectivity index (χ3v) is 1.61. The Morgan fingerprint density at radius 3 is 2.92 bits per heavy atom. The van der Waals surface area contributed by atoms with Gasteiger partial charge in [-0.1, -0.05) is 0 Å². The van der Waals surface area contributed by atoms with E-state index in [9.17, 15) is 0 Å². The van der Waals surface area contributed by atoms with Gasteiger partial charge in [-0.3, -0.25) is 0 Å². The van der Waals surface area contributed by atoms with Crippen LogP contribution in [0, 0.1) is 11.3 Å². The molecular formula is C9H11N3O. The summed E-state index contributed by atoms with van der Waals surface area (Å²) >= 11 is 0. The van der Waals surface area contributed by atoms with Gasteiger partial charge in [0.25, 0.3) is 0 Å². The molecule has 0 bridgehead atoms. The van der Waals surface area contributed by atoms with E-state index in [4.69, 9.17) is 16.1 Å². The summed E-state index contributed by atoms with van der Waals surface area (Å²) in [6, 6.07) is 6.99. The molecule has 1 aromatic rings. The first-order chi connectivity index (χ1) is 6.27. The fraction of sp³-hybridized carbons (Fsp3) is 0.222. The summed E-state index contributed by atoms with van der Waals surface area (Å²) < 4.78 is 0. The zero-order chi connectivity index (χ0) is 9.68. The lowest BCUT2D eigenvalue weighted by Gasteiger charge is -2.07. The minimum atomic E-state index is 0.0379. The molecule has 4 nitrogen and oxygen atoms in total. The summed E-state index contributed by atoms with van der Waals surface area (Å²) in [6.45, 7) is 0.468. The maximum atomic E-state index is 8.61. The molecule has 0 amide bonds. The van der Waals surface area contributed by atoms with Crippen LogP contribution in [0.4, 0.5) is 11.4 Å². The standard InChI is InChI=1S/C9H11N3O/c10-6-7-1-2-8(11)9(5-7)12-3-4-13/h1-2,5,12-13H,3-4,11H2. The van der Waals surface area contributed by atoms with Gasteiger partial charge in [0.1, 0.15) is 0 Å². The Morgan fingerprint density at radius 1 is 1.54 bits per heavy atom. The van der Waals surface area contributed by atoms with E-state index in [0.717, 1.165) is 0 Å². The normalized spacial score (nSPS) is 9.23. The van der Waals surface area contributed by atoms with E-state index >= 15 is 0 Å². The number of hydrogen-bond acceptors (Lipinski definition) is 4. The molecular weight excluding hydrogens is 166 g/mol.